The van der Waals surface area contributed by atoms with Crippen LogP contribution in [0.5, 0.6) is 0 Å². The van der Waals surface area contributed by atoms with Crippen LogP contribution in [-0.2, 0) is 0 Å². The van der Waals surface area contributed by atoms with Crippen molar-refractivity contribution < 1.29 is 8.94 Å². The third kappa shape index (κ3) is 1.73. The molecule has 3 rings (SSSR count). The van der Waals surface area contributed by atoms with E-state index in [4.69, 9.17) is 4.42 Å². The van der Waals surface area contributed by atoms with Gasteiger partial charge in [0, 0.05) is 5.56 Å². The van der Waals surface area contributed by atoms with Crippen LogP contribution in [0.1, 0.15) is 0 Å². The molecule has 0 saturated carbocycles. The Morgan fingerprint density at radius 2 is 1.82 bits per heavy atom. The molecule has 0 fully saturated rings. The monoisotopic (exact) mass is 230 g/mol. The average Bonchev–Trinajstić information content (AvgIpc) is 2.98. The van der Waals surface area contributed by atoms with Crippen LogP contribution in [0.25, 0.3) is 23.2 Å². The molecule has 0 amide bonds. The van der Waals surface area contributed by atoms with Crippen molar-refractivity contribution in [3.05, 3.63) is 40.9 Å². The van der Waals surface area contributed by atoms with Crippen LogP contribution in [-0.4, -0.2) is 20.3 Å². The largest absolute Gasteiger partial charge is 0.439 e. The fourth-order valence-corrected chi connectivity index (χ4v) is 1.34. The maximum atomic E-state index is 10.8. The SMILES string of the molecule is O=c1[nH]c(-c2nnc(-c3ccccc3)o2)no1. The molecule has 0 atom stereocenters. The summed E-state index contributed by atoms with van der Waals surface area (Å²) in [5, 5.41) is 11.1. The summed E-state index contributed by atoms with van der Waals surface area (Å²) in [5.74, 6) is -0.0942. The standard InChI is InChI=1S/C10H6N4O3/c15-10-11-7(14-17-10)9-13-12-8(16-9)6-4-2-1-3-5-6/h1-5H,(H,11,14,15). The maximum absolute atomic E-state index is 10.8. The molecule has 2 aromatic heterocycles. The van der Waals surface area contributed by atoms with Gasteiger partial charge in [-0.05, 0) is 17.3 Å². The molecule has 0 aliphatic carbocycles. The first-order valence-corrected chi connectivity index (χ1v) is 4.78. The number of aromatic amines is 1. The van der Waals surface area contributed by atoms with Crippen molar-refractivity contribution in [3.8, 4) is 23.2 Å². The molecule has 2 heterocycles. The van der Waals surface area contributed by atoms with Gasteiger partial charge in [0.1, 0.15) is 0 Å². The lowest BCUT2D eigenvalue weighted by atomic mass is 10.2. The van der Waals surface area contributed by atoms with Gasteiger partial charge in [-0.1, -0.05) is 18.2 Å². The molecule has 7 heteroatoms. The van der Waals surface area contributed by atoms with E-state index in [0.29, 0.717) is 5.89 Å². The summed E-state index contributed by atoms with van der Waals surface area (Å²) in [7, 11) is 0. The second-order valence-corrected chi connectivity index (χ2v) is 3.22. The predicted octanol–water partition coefficient (Wildman–Crippen LogP) is 1.08. The van der Waals surface area contributed by atoms with E-state index in [9.17, 15) is 4.79 Å². The summed E-state index contributed by atoms with van der Waals surface area (Å²) in [6.45, 7) is 0. The van der Waals surface area contributed by atoms with Gasteiger partial charge in [-0.15, -0.1) is 10.2 Å². The molecular formula is C10H6N4O3. The normalized spacial score (nSPS) is 10.6. The highest BCUT2D eigenvalue weighted by Crippen LogP contribution is 2.20. The van der Waals surface area contributed by atoms with Crippen LogP contribution < -0.4 is 5.76 Å². The van der Waals surface area contributed by atoms with Crippen LogP contribution in [0, 0.1) is 0 Å². The lowest BCUT2D eigenvalue weighted by Crippen LogP contribution is -1.94. The summed E-state index contributed by atoms with van der Waals surface area (Å²) in [6, 6.07) is 9.27. The van der Waals surface area contributed by atoms with E-state index in [1.165, 1.54) is 0 Å². The highest BCUT2D eigenvalue weighted by Gasteiger charge is 2.13. The Morgan fingerprint density at radius 3 is 2.53 bits per heavy atom. The first-order valence-electron chi connectivity index (χ1n) is 4.78. The van der Waals surface area contributed by atoms with Crippen molar-refractivity contribution in [1.29, 1.82) is 0 Å². The minimum absolute atomic E-state index is 0.106. The van der Waals surface area contributed by atoms with Crippen LogP contribution in [0.15, 0.2) is 44.1 Å². The smallest absolute Gasteiger partial charge is 0.413 e. The molecule has 0 radical (unpaired) electrons. The molecule has 0 spiro atoms. The first-order chi connectivity index (χ1) is 8.33. The summed E-state index contributed by atoms with van der Waals surface area (Å²) in [6.07, 6.45) is 0. The van der Waals surface area contributed by atoms with Crippen LogP contribution in [0.4, 0.5) is 0 Å². The number of hydrogen-bond donors (Lipinski definition) is 1. The molecule has 0 aliphatic heterocycles. The zero-order chi connectivity index (χ0) is 11.7. The van der Waals surface area contributed by atoms with Crippen molar-refractivity contribution >= 4 is 0 Å². The van der Waals surface area contributed by atoms with Crippen molar-refractivity contribution in [2.24, 2.45) is 0 Å². The Morgan fingerprint density at radius 1 is 1.06 bits per heavy atom. The molecular weight excluding hydrogens is 224 g/mol. The van der Waals surface area contributed by atoms with Gasteiger partial charge in [0.2, 0.25) is 11.7 Å². The van der Waals surface area contributed by atoms with Gasteiger partial charge in [0.05, 0.1) is 0 Å². The highest BCUT2D eigenvalue weighted by atomic mass is 16.5. The molecule has 3 aromatic rings. The summed E-state index contributed by atoms with van der Waals surface area (Å²) < 4.78 is 9.70. The van der Waals surface area contributed by atoms with Crippen LogP contribution in [0.2, 0.25) is 0 Å². The molecule has 0 unspecified atom stereocenters. The minimum atomic E-state index is -0.667. The fraction of sp³-hybridized carbons (Fsp3) is 0. The van der Waals surface area contributed by atoms with Crippen molar-refractivity contribution in [3.63, 3.8) is 0 Å². The van der Waals surface area contributed by atoms with Crippen molar-refractivity contribution in [2.75, 3.05) is 0 Å². The topological polar surface area (TPSA) is 97.8 Å². The van der Waals surface area contributed by atoms with Crippen LogP contribution in [0.3, 0.4) is 0 Å². The molecule has 17 heavy (non-hydrogen) atoms. The second-order valence-electron chi connectivity index (χ2n) is 3.22. The third-order valence-corrected chi connectivity index (χ3v) is 2.09. The summed E-state index contributed by atoms with van der Waals surface area (Å²) in [5.41, 5.74) is 0.789. The zero-order valence-corrected chi connectivity index (χ0v) is 8.45. The average molecular weight is 230 g/mol. The van der Waals surface area contributed by atoms with E-state index < -0.39 is 5.76 Å². The number of H-pyrrole nitrogens is 1. The van der Waals surface area contributed by atoms with Gasteiger partial charge < -0.3 is 4.42 Å². The Bertz CT molecular complexity index is 683. The third-order valence-electron chi connectivity index (χ3n) is 2.09. The van der Waals surface area contributed by atoms with E-state index in [0.717, 1.165) is 5.56 Å². The van der Waals surface area contributed by atoms with Gasteiger partial charge in [0.25, 0.3) is 5.89 Å². The molecule has 1 aromatic carbocycles. The number of aromatic nitrogens is 4. The lowest BCUT2D eigenvalue weighted by Gasteiger charge is -1.90. The molecule has 7 nitrogen and oxygen atoms in total. The summed E-state index contributed by atoms with van der Waals surface area (Å²) in [4.78, 5) is 13.1. The maximum Gasteiger partial charge on any atom is 0.439 e. The van der Waals surface area contributed by atoms with E-state index >= 15 is 0 Å². The molecule has 0 saturated heterocycles. The predicted molar refractivity (Wildman–Crippen MR) is 55.9 cm³/mol. The highest BCUT2D eigenvalue weighted by molar-refractivity contribution is 5.53. The van der Waals surface area contributed by atoms with Gasteiger partial charge in [-0.3, -0.25) is 9.51 Å². The van der Waals surface area contributed by atoms with E-state index in [1.54, 1.807) is 0 Å². The van der Waals surface area contributed by atoms with Crippen LogP contribution >= 0.6 is 0 Å². The van der Waals surface area contributed by atoms with Gasteiger partial charge in [0.15, 0.2) is 0 Å². The number of nitrogens with zero attached hydrogens (tertiary/aromatic N) is 3. The molecule has 0 aliphatic rings. The molecule has 0 bridgehead atoms. The van der Waals surface area contributed by atoms with Gasteiger partial charge >= 0.3 is 5.76 Å². The minimum Gasteiger partial charge on any atom is -0.413 e. The lowest BCUT2D eigenvalue weighted by molar-refractivity contribution is 0.386. The number of nitrogens with one attached hydrogen (secondary N) is 1. The Labute approximate surface area is 94.1 Å². The number of hydrogen-bond acceptors (Lipinski definition) is 6. The second kappa shape index (κ2) is 3.71. The van der Waals surface area contributed by atoms with E-state index in [1.807, 2.05) is 30.3 Å². The first kappa shape index (κ1) is 9.52. The van der Waals surface area contributed by atoms with Crippen molar-refractivity contribution in [2.45, 2.75) is 0 Å². The van der Waals surface area contributed by atoms with Gasteiger partial charge in [-0.25, -0.2) is 4.79 Å². The Hall–Kier alpha value is -2.70. The molecule has 1 N–H and O–H groups in total. The van der Waals surface area contributed by atoms with E-state index in [-0.39, 0.29) is 11.7 Å². The molecule has 84 valence electrons. The quantitative estimate of drug-likeness (QED) is 0.707. The summed E-state index contributed by atoms with van der Waals surface area (Å²) >= 11 is 0. The fourth-order valence-electron chi connectivity index (χ4n) is 1.34. The Balaban J connectivity index is 2.01. The van der Waals surface area contributed by atoms with E-state index in [2.05, 4.69) is 24.9 Å². The Kier molecular flexibility index (Phi) is 2.08. The number of benzene rings is 1. The van der Waals surface area contributed by atoms with Gasteiger partial charge in [-0.2, -0.15) is 0 Å². The number of rotatable bonds is 2. The zero-order valence-electron chi connectivity index (χ0n) is 8.45. The van der Waals surface area contributed by atoms with Crippen molar-refractivity contribution in [1.82, 2.24) is 20.3 Å².